The van der Waals surface area contributed by atoms with Crippen LogP contribution in [0.1, 0.15) is 17.6 Å². The molecule has 0 spiro atoms. The molecule has 0 radical (unpaired) electrons. The van der Waals surface area contributed by atoms with Crippen molar-refractivity contribution in [2.45, 2.75) is 19.9 Å². The lowest BCUT2D eigenvalue weighted by molar-refractivity contribution is 0.318. The van der Waals surface area contributed by atoms with Crippen LogP contribution in [0.2, 0.25) is 0 Å². The van der Waals surface area contributed by atoms with Gasteiger partial charge in [-0.15, -0.1) is 11.3 Å². The largest absolute Gasteiger partial charge is 0.494 e. The highest BCUT2D eigenvalue weighted by Gasteiger charge is 2.01. The van der Waals surface area contributed by atoms with Crippen LogP contribution in [0, 0.1) is 0 Å². The summed E-state index contributed by atoms with van der Waals surface area (Å²) >= 11 is 1.63. The van der Waals surface area contributed by atoms with Crippen LogP contribution >= 0.6 is 11.3 Å². The molecular weight excluding hydrogens is 260 g/mol. The molecule has 0 amide bonds. The van der Waals surface area contributed by atoms with E-state index in [2.05, 4.69) is 4.98 Å². The summed E-state index contributed by atoms with van der Waals surface area (Å²) in [5.41, 5.74) is 6.47. The maximum absolute atomic E-state index is 5.67. The van der Waals surface area contributed by atoms with Crippen molar-refractivity contribution in [2.75, 3.05) is 13.2 Å². The molecule has 0 saturated carbocycles. The number of nitrogens with zero attached hydrogens (tertiary/aromatic N) is 1. The van der Waals surface area contributed by atoms with Crippen LogP contribution in [0.3, 0.4) is 0 Å². The summed E-state index contributed by atoms with van der Waals surface area (Å²) in [5, 5.41) is 3.05. The first kappa shape index (κ1) is 13.8. The van der Waals surface area contributed by atoms with Gasteiger partial charge in [0.05, 0.1) is 23.9 Å². The lowest BCUT2D eigenvalue weighted by Crippen LogP contribution is -2.02. The van der Waals surface area contributed by atoms with E-state index >= 15 is 0 Å². The quantitative estimate of drug-likeness (QED) is 0.846. The monoisotopic (exact) mass is 278 g/mol. The summed E-state index contributed by atoms with van der Waals surface area (Å²) in [4.78, 5) is 4.39. The highest BCUT2D eigenvalue weighted by molar-refractivity contribution is 7.09. The van der Waals surface area contributed by atoms with Crippen molar-refractivity contribution in [3.05, 3.63) is 40.3 Å². The van der Waals surface area contributed by atoms with Gasteiger partial charge < -0.3 is 15.2 Å². The molecule has 2 N–H and O–H groups in total. The van der Waals surface area contributed by atoms with Gasteiger partial charge in [-0.1, -0.05) is 0 Å². The first-order valence-corrected chi connectivity index (χ1v) is 7.18. The van der Waals surface area contributed by atoms with Gasteiger partial charge in [-0.25, -0.2) is 4.98 Å². The number of benzene rings is 1. The van der Waals surface area contributed by atoms with Crippen LogP contribution in [0.5, 0.6) is 11.5 Å². The Labute approximate surface area is 117 Å². The molecule has 0 aliphatic rings. The van der Waals surface area contributed by atoms with E-state index in [4.69, 9.17) is 15.2 Å². The fraction of sp³-hybridized carbons (Fsp3) is 0.357. The molecule has 0 unspecified atom stereocenters. The van der Waals surface area contributed by atoms with E-state index in [0.29, 0.717) is 19.8 Å². The van der Waals surface area contributed by atoms with Gasteiger partial charge in [0.15, 0.2) is 0 Å². The van der Waals surface area contributed by atoms with Gasteiger partial charge in [0.1, 0.15) is 11.5 Å². The molecule has 4 nitrogen and oxygen atoms in total. The lowest BCUT2D eigenvalue weighted by atomic mass is 10.3. The Hall–Kier alpha value is -1.59. The second-order valence-corrected chi connectivity index (χ2v) is 4.88. The van der Waals surface area contributed by atoms with E-state index in [1.807, 2.05) is 36.6 Å². The minimum absolute atomic E-state index is 0.496. The number of ether oxygens (including phenoxy) is 2. The van der Waals surface area contributed by atoms with Crippen LogP contribution < -0.4 is 15.2 Å². The summed E-state index contributed by atoms with van der Waals surface area (Å²) < 4.78 is 11.0. The highest BCUT2D eigenvalue weighted by atomic mass is 32.1. The van der Waals surface area contributed by atoms with E-state index in [9.17, 15) is 0 Å². The molecule has 0 fully saturated rings. The van der Waals surface area contributed by atoms with Crippen molar-refractivity contribution in [3.8, 4) is 11.5 Å². The van der Waals surface area contributed by atoms with Crippen LogP contribution in [-0.4, -0.2) is 18.2 Å². The Morgan fingerprint density at radius 1 is 1.16 bits per heavy atom. The fourth-order valence-corrected chi connectivity index (χ4v) is 2.40. The smallest absolute Gasteiger partial charge is 0.119 e. The number of rotatable bonds is 7. The van der Waals surface area contributed by atoms with E-state index < -0.39 is 0 Å². The molecule has 2 rings (SSSR count). The topological polar surface area (TPSA) is 57.4 Å². The van der Waals surface area contributed by atoms with Crippen molar-refractivity contribution in [2.24, 2.45) is 5.73 Å². The van der Waals surface area contributed by atoms with Gasteiger partial charge in [-0.05, 0) is 31.2 Å². The molecule has 0 aliphatic carbocycles. The predicted octanol–water partition coefficient (Wildman–Crippen LogP) is 2.62. The number of thiazole rings is 1. The second kappa shape index (κ2) is 7.11. The first-order chi connectivity index (χ1) is 9.31. The number of hydrogen-bond donors (Lipinski definition) is 1. The predicted molar refractivity (Wildman–Crippen MR) is 76.8 cm³/mol. The molecule has 0 aliphatic heterocycles. The molecule has 2 aromatic rings. The van der Waals surface area contributed by atoms with Gasteiger partial charge >= 0.3 is 0 Å². The third-order valence-corrected chi connectivity index (χ3v) is 3.49. The molecule has 5 heteroatoms. The zero-order valence-electron chi connectivity index (χ0n) is 11.0. The molecule has 1 aromatic heterocycles. The normalized spacial score (nSPS) is 10.4. The molecule has 1 aromatic carbocycles. The zero-order valence-corrected chi connectivity index (χ0v) is 11.8. The summed E-state index contributed by atoms with van der Waals surface area (Å²) in [5.74, 6) is 1.71. The Balaban J connectivity index is 1.78. The minimum atomic E-state index is 0.496. The number of hydrogen-bond acceptors (Lipinski definition) is 5. The van der Waals surface area contributed by atoms with Gasteiger partial charge in [0, 0.05) is 18.3 Å². The molecule has 19 heavy (non-hydrogen) atoms. The fourth-order valence-electron chi connectivity index (χ4n) is 1.61. The Bertz CT molecular complexity index is 496. The highest BCUT2D eigenvalue weighted by Crippen LogP contribution is 2.18. The second-order valence-electron chi connectivity index (χ2n) is 3.94. The van der Waals surface area contributed by atoms with Crippen molar-refractivity contribution >= 4 is 11.3 Å². The van der Waals surface area contributed by atoms with Crippen molar-refractivity contribution < 1.29 is 9.47 Å². The van der Waals surface area contributed by atoms with Gasteiger partial charge in [0.2, 0.25) is 0 Å². The minimum Gasteiger partial charge on any atom is -0.494 e. The van der Waals surface area contributed by atoms with Crippen LogP contribution in [0.15, 0.2) is 29.6 Å². The number of aromatic nitrogens is 1. The SMILES string of the molecule is CCOc1ccc(OCCc2nc(CN)cs2)cc1. The Morgan fingerprint density at radius 2 is 1.84 bits per heavy atom. The summed E-state index contributed by atoms with van der Waals surface area (Å²) in [6.45, 7) is 3.75. The standard InChI is InChI=1S/C14H18N2O2S/c1-2-17-12-3-5-13(6-4-12)18-8-7-14-16-11(9-15)10-19-14/h3-6,10H,2,7-9,15H2,1H3. The average molecular weight is 278 g/mol. The van der Waals surface area contributed by atoms with Crippen LogP contribution in [0.4, 0.5) is 0 Å². The van der Waals surface area contributed by atoms with E-state index in [1.165, 1.54) is 0 Å². The number of nitrogens with two attached hydrogens (primary N) is 1. The van der Waals surface area contributed by atoms with E-state index in [-0.39, 0.29) is 0 Å². The first-order valence-electron chi connectivity index (χ1n) is 6.31. The maximum Gasteiger partial charge on any atom is 0.119 e. The van der Waals surface area contributed by atoms with Crippen molar-refractivity contribution in [1.29, 1.82) is 0 Å². The molecule has 1 heterocycles. The maximum atomic E-state index is 5.67. The zero-order chi connectivity index (χ0) is 13.5. The van der Waals surface area contributed by atoms with Crippen LogP contribution in [0.25, 0.3) is 0 Å². The third-order valence-electron chi connectivity index (χ3n) is 2.53. The molecular formula is C14H18N2O2S. The van der Waals surface area contributed by atoms with E-state index in [1.54, 1.807) is 11.3 Å². The van der Waals surface area contributed by atoms with Crippen LogP contribution in [-0.2, 0) is 13.0 Å². The molecule has 0 atom stereocenters. The summed E-state index contributed by atoms with van der Waals surface area (Å²) in [6.07, 6.45) is 0.803. The third kappa shape index (κ3) is 4.22. The molecule has 0 saturated heterocycles. The Morgan fingerprint density at radius 3 is 2.42 bits per heavy atom. The van der Waals surface area contributed by atoms with Crippen molar-refractivity contribution in [1.82, 2.24) is 4.98 Å². The molecule has 0 bridgehead atoms. The molecule has 102 valence electrons. The van der Waals surface area contributed by atoms with E-state index in [0.717, 1.165) is 28.6 Å². The lowest BCUT2D eigenvalue weighted by Gasteiger charge is -2.06. The average Bonchev–Trinajstić information content (AvgIpc) is 2.89. The Kier molecular flexibility index (Phi) is 5.18. The van der Waals surface area contributed by atoms with Crippen molar-refractivity contribution in [3.63, 3.8) is 0 Å². The summed E-state index contributed by atoms with van der Waals surface area (Å²) in [7, 11) is 0. The summed E-state index contributed by atoms with van der Waals surface area (Å²) in [6, 6.07) is 7.65. The van der Waals surface area contributed by atoms with Gasteiger partial charge in [-0.3, -0.25) is 0 Å². The van der Waals surface area contributed by atoms with Gasteiger partial charge in [0.25, 0.3) is 0 Å². The van der Waals surface area contributed by atoms with Gasteiger partial charge in [-0.2, -0.15) is 0 Å².